The molecule has 0 aliphatic heterocycles. The summed E-state index contributed by atoms with van der Waals surface area (Å²) in [4.78, 5) is 5.70. The summed E-state index contributed by atoms with van der Waals surface area (Å²) in [5, 5.41) is 14.7. The number of aliphatic hydroxyl groups is 1. The van der Waals surface area contributed by atoms with Gasteiger partial charge in [-0.1, -0.05) is 25.7 Å². The number of nitrogens with zero attached hydrogens (tertiary/aromatic N) is 1. The smallest absolute Gasteiger partial charge is 0.183 e. The van der Waals surface area contributed by atoms with Crippen molar-refractivity contribution >= 4 is 16.5 Å². The molecule has 0 amide bonds. The Hall–Kier alpha value is -0.610. The number of hydrogen-bond acceptors (Lipinski definition) is 4. The summed E-state index contributed by atoms with van der Waals surface area (Å²) in [6.07, 6.45) is 6.66. The maximum Gasteiger partial charge on any atom is 0.183 e. The van der Waals surface area contributed by atoms with E-state index in [1.165, 1.54) is 17.7 Å². The van der Waals surface area contributed by atoms with Crippen LogP contribution in [0.5, 0.6) is 0 Å². The van der Waals surface area contributed by atoms with Gasteiger partial charge in [-0.3, -0.25) is 0 Å². The molecule has 1 aliphatic carbocycles. The second-order valence-corrected chi connectivity index (χ2v) is 6.36. The molecule has 2 rings (SSSR count). The highest BCUT2D eigenvalue weighted by Crippen LogP contribution is 2.28. The van der Waals surface area contributed by atoms with Crippen LogP contribution >= 0.6 is 11.3 Å². The lowest BCUT2D eigenvalue weighted by atomic mass is 9.95. The van der Waals surface area contributed by atoms with E-state index >= 15 is 0 Å². The Morgan fingerprint density at radius 2 is 1.88 bits per heavy atom. The predicted octanol–water partition coefficient (Wildman–Crippen LogP) is 3.26. The lowest BCUT2D eigenvalue weighted by Crippen LogP contribution is -2.36. The van der Waals surface area contributed by atoms with Gasteiger partial charge < -0.3 is 10.4 Å². The fourth-order valence-electron chi connectivity index (χ4n) is 2.35. The van der Waals surface area contributed by atoms with Crippen LogP contribution in [0.15, 0.2) is 0 Å². The first kappa shape index (κ1) is 12.8. The van der Waals surface area contributed by atoms with Crippen LogP contribution in [0.1, 0.15) is 49.1 Å². The Bertz CT molecular complexity index is 348. The van der Waals surface area contributed by atoms with Crippen LogP contribution in [0.2, 0.25) is 0 Å². The number of thiazole rings is 1. The summed E-state index contributed by atoms with van der Waals surface area (Å²) in [5.41, 5.74) is 0.564. The fourth-order valence-corrected chi connectivity index (χ4v) is 3.16. The molecule has 1 fully saturated rings. The minimum atomic E-state index is -0.524. The molecule has 0 bridgehead atoms. The molecule has 0 atom stereocenters. The molecule has 0 saturated heterocycles. The van der Waals surface area contributed by atoms with Gasteiger partial charge in [0.15, 0.2) is 5.13 Å². The third kappa shape index (κ3) is 3.42. The molecule has 4 heteroatoms. The lowest BCUT2D eigenvalue weighted by Gasteiger charge is -2.26. The van der Waals surface area contributed by atoms with Crippen LogP contribution in [0.3, 0.4) is 0 Å². The first-order chi connectivity index (χ1) is 8.09. The predicted molar refractivity (Wildman–Crippen MR) is 72.7 cm³/mol. The fraction of sp³-hybridized carbons (Fsp3) is 0.769. The van der Waals surface area contributed by atoms with E-state index in [0.29, 0.717) is 6.54 Å². The molecule has 17 heavy (non-hydrogen) atoms. The number of rotatable bonds is 3. The van der Waals surface area contributed by atoms with E-state index in [4.69, 9.17) is 0 Å². The van der Waals surface area contributed by atoms with Crippen molar-refractivity contribution in [2.24, 2.45) is 0 Å². The van der Waals surface area contributed by atoms with Gasteiger partial charge in [-0.25, -0.2) is 4.98 Å². The van der Waals surface area contributed by atoms with E-state index in [0.717, 1.165) is 36.5 Å². The number of hydrogen-bond donors (Lipinski definition) is 2. The highest BCUT2D eigenvalue weighted by atomic mass is 32.1. The van der Waals surface area contributed by atoms with Gasteiger partial charge in [0.05, 0.1) is 11.3 Å². The van der Waals surface area contributed by atoms with Crippen molar-refractivity contribution in [1.29, 1.82) is 0 Å². The molecule has 1 saturated carbocycles. The molecule has 0 spiro atoms. The Morgan fingerprint density at radius 1 is 1.24 bits per heavy atom. The second kappa shape index (κ2) is 5.36. The minimum Gasteiger partial charge on any atom is -0.388 e. The van der Waals surface area contributed by atoms with Crippen LogP contribution in [0, 0.1) is 13.8 Å². The summed E-state index contributed by atoms with van der Waals surface area (Å²) >= 11 is 1.67. The zero-order valence-corrected chi connectivity index (χ0v) is 11.6. The minimum absolute atomic E-state index is 0.524. The summed E-state index contributed by atoms with van der Waals surface area (Å²) in [5.74, 6) is 0. The number of nitrogens with one attached hydrogen (secondary N) is 1. The van der Waals surface area contributed by atoms with E-state index < -0.39 is 5.60 Å². The first-order valence-corrected chi connectivity index (χ1v) is 7.31. The van der Waals surface area contributed by atoms with Gasteiger partial charge in [0.25, 0.3) is 0 Å². The first-order valence-electron chi connectivity index (χ1n) is 6.49. The van der Waals surface area contributed by atoms with Gasteiger partial charge in [-0.2, -0.15) is 0 Å². The summed E-state index contributed by atoms with van der Waals surface area (Å²) in [6, 6.07) is 0. The quantitative estimate of drug-likeness (QED) is 0.814. The molecule has 0 radical (unpaired) electrons. The maximum absolute atomic E-state index is 10.5. The van der Waals surface area contributed by atoms with Gasteiger partial charge in [0.1, 0.15) is 0 Å². The standard InChI is InChI=1S/C13H22N2OS/c1-10-11(2)17-12(15-10)14-9-13(16)7-5-3-4-6-8-13/h16H,3-9H2,1-2H3,(H,14,15). The molecular weight excluding hydrogens is 232 g/mol. The molecule has 1 aliphatic rings. The van der Waals surface area contributed by atoms with E-state index in [1.54, 1.807) is 11.3 Å². The third-order valence-corrected chi connectivity index (χ3v) is 4.66. The molecular formula is C13H22N2OS. The lowest BCUT2D eigenvalue weighted by molar-refractivity contribution is 0.0381. The van der Waals surface area contributed by atoms with Crippen LogP contribution < -0.4 is 5.32 Å². The van der Waals surface area contributed by atoms with Gasteiger partial charge in [0, 0.05) is 11.4 Å². The monoisotopic (exact) mass is 254 g/mol. The van der Waals surface area contributed by atoms with E-state index in [-0.39, 0.29) is 0 Å². The van der Waals surface area contributed by atoms with E-state index in [1.807, 2.05) is 6.92 Å². The molecule has 1 aromatic heterocycles. The van der Waals surface area contributed by atoms with Crippen molar-refractivity contribution in [2.45, 2.75) is 58.0 Å². The third-order valence-electron chi connectivity index (χ3n) is 3.63. The van der Waals surface area contributed by atoms with Crippen molar-refractivity contribution < 1.29 is 5.11 Å². The molecule has 0 aromatic carbocycles. The molecule has 0 unspecified atom stereocenters. The second-order valence-electron chi connectivity index (χ2n) is 5.15. The van der Waals surface area contributed by atoms with Crippen LogP contribution in [0.4, 0.5) is 5.13 Å². The Morgan fingerprint density at radius 3 is 2.41 bits per heavy atom. The van der Waals surface area contributed by atoms with Crippen molar-refractivity contribution in [1.82, 2.24) is 4.98 Å². The van der Waals surface area contributed by atoms with E-state index in [9.17, 15) is 5.11 Å². The molecule has 2 N–H and O–H groups in total. The molecule has 3 nitrogen and oxygen atoms in total. The van der Waals surface area contributed by atoms with Crippen molar-refractivity contribution in [2.75, 3.05) is 11.9 Å². The average Bonchev–Trinajstić information content (AvgIpc) is 2.51. The Kier molecular flexibility index (Phi) is 4.05. The van der Waals surface area contributed by atoms with Gasteiger partial charge in [-0.15, -0.1) is 11.3 Å². The summed E-state index contributed by atoms with van der Waals surface area (Å²) in [6.45, 7) is 4.75. The number of aromatic nitrogens is 1. The average molecular weight is 254 g/mol. The van der Waals surface area contributed by atoms with Crippen molar-refractivity contribution in [3.63, 3.8) is 0 Å². The molecule has 96 valence electrons. The zero-order valence-electron chi connectivity index (χ0n) is 10.8. The highest BCUT2D eigenvalue weighted by Gasteiger charge is 2.27. The number of aryl methyl sites for hydroxylation is 2. The van der Waals surface area contributed by atoms with Crippen molar-refractivity contribution in [3.8, 4) is 0 Å². The molecule has 1 heterocycles. The largest absolute Gasteiger partial charge is 0.388 e. The summed E-state index contributed by atoms with van der Waals surface area (Å²) < 4.78 is 0. The van der Waals surface area contributed by atoms with Crippen molar-refractivity contribution in [3.05, 3.63) is 10.6 Å². The van der Waals surface area contributed by atoms with Gasteiger partial charge in [-0.05, 0) is 26.7 Å². The number of anilines is 1. The van der Waals surface area contributed by atoms with Crippen LogP contribution in [-0.2, 0) is 0 Å². The Balaban J connectivity index is 1.91. The SMILES string of the molecule is Cc1nc(NCC2(O)CCCCCC2)sc1C. The zero-order chi connectivity index (χ0) is 12.3. The normalized spacial score (nSPS) is 19.9. The van der Waals surface area contributed by atoms with Gasteiger partial charge >= 0.3 is 0 Å². The van der Waals surface area contributed by atoms with Crippen LogP contribution in [0.25, 0.3) is 0 Å². The van der Waals surface area contributed by atoms with Gasteiger partial charge in [0.2, 0.25) is 0 Å². The molecule has 1 aromatic rings. The van der Waals surface area contributed by atoms with E-state index in [2.05, 4.69) is 17.2 Å². The maximum atomic E-state index is 10.5. The summed E-state index contributed by atoms with van der Waals surface area (Å²) in [7, 11) is 0. The Labute approximate surface area is 107 Å². The highest BCUT2D eigenvalue weighted by molar-refractivity contribution is 7.15. The topological polar surface area (TPSA) is 45.2 Å². The van der Waals surface area contributed by atoms with Crippen LogP contribution in [-0.4, -0.2) is 22.2 Å².